The van der Waals surface area contributed by atoms with Crippen molar-refractivity contribution >= 4 is 34.2 Å². The number of benzene rings is 1. The highest BCUT2D eigenvalue weighted by atomic mass is 79.9. The molecule has 1 aromatic carbocycles. The Kier molecular flexibility index (Phi) is 6.23. The van der Waals surface area contributed by atoms with E-state index in [1.807, 2.05) is 4.90 Å². The van der Waals surface area contributed by atoms with Gasteiger partial charge >= 0.3 is 0 Å². The first-order valence-corrected chi connectivity index (χ1v) is 6.80. The highest BCUT2D eigenvalue weighted by Crippen LogP contribution is 2.19. The Hall–Kier alpha value is -0.650. The fraction of sp³-hybridized carbons (Fsp3) is 0.462. The number of halogens is 3. The van der Waals surface area contributed by atoms with E-state index in [2.05, 4.69) is 28.2 Å². The van der Waals surface area contributed by atoms with Gasteiger partial charge in [-0.3, -0.25) is 4.79 Å². The van der Waals surface area contributed by atoms with Crippen molar-refractivity contribution in [3.8, 4) is 0 Å². The molecular weight excluding hydrogens is 335 g/mol. The summed E-state index contributed by atoms with van der Waals surface area (Å²) in [5, 5.41) is 3.30. The quantitative estimate of drug-likeness (QED) is 0.887. The molecule has 0 saturated carbocycles. The molecule has 0 bridgehead atoms. The molecule has 0 radical (unpaired) electrons. The van der Waals surface area contributed by atoms with Crippen LogP contribution in [0.2, 0.25) is 0 Å². The van der Waals surface area contributed by atoms with Crippen LogP contribution in [0, 0.1) is 5.82 Å². The van der Waals surface area contributed by atoms with Crippen LogP contribution < -0.4 is 5.32 Å². The molecule has 1 N–H and O–H groups in total. The van der Waals surface area contributed by atoms with E-state index in [1.165, 1.54) is 12.1 Å². The first-order valence-electron chi connectivity index (χ1n) is 6.01. The van der Waals surface area contributed by atoms with E-state index in [-0.39, 0.29) is 24.1 Å². The number of hydrogen-bond donors (Lipinski definition) is 1. The van der Waals surface area contributed by atoms with Gasteiger partial charge in [0.25, 0.3) is 0 Å². The molecule has 1 fully saturated rings. The first kappa shape index (κ1) is 16.4. The highest BCUT2D eigenvalue weighted by Gasteiger charge is 2.21. The predicted octanol–water partition coefficient (Wildman–Crippen LogP) is 2.37. The average Bonchev–Trinajstić information content (AvgIpc) is 2.32. The van der Waals surface area contributed by atoms with Gasteiger partial charge in [-0.2, -0.15) is 0 Å². The van der Waals surface area contributed by atoms with Crippen molar-refractivity contribution in [3.63, 3.8) is 0 Å². The van der Waals surface area contributed by atoms with Crippen molar-refractivity contribution in [2.75, 3.05) is 19.6 Å². The van der Waals surface area contributed by atoms with Gasteiger partial charge in [-0.25, -0.2) is 4.39 Å². The highest BCUT2D eigenvalue weighted by molar-refractivity contribution is 9.10. The fourth-order valence-corrected chi connectivity index (χ4v) is 2.59. The molecule has 1 atom stereocenters. The Morgan fingerprint density at radius 3 is 2.95 bits per heavy atom. The maximum atomic E-state index is 13.0. The van der Waals surface area contributed by atoms with Crippen LogP contribution in [0.1, 0.15) is 12.5 Å². The number of piperazine rings is 1. The predicted molar refractivity (Wildman–Crippen MR) is 79.1 cm³/mol. The molecule has 1 aromatic rings. The maximum Gasteiger partial charge on any atom is 0.227 e. The molecule has 1 aliphatic rings. The number of amides is 1. The summed E-state index contributed by atoms with van der Waals surface area (Å²) in [6, 6.07) is 4.76. The third-order valence-electron chi connectivity index (χ3n) is 3.08. The Labute approximate surface area is 127 Å². The summed E-state index contributed by atoms with van der Waals surface area (Å²) in [6.45, 7) is 4.37. The van der Waals surface area contributed by atoms with E-state index < -0.39 is 0 Å². The summed E-state index contributed by atoms with van der Waals surface area (Å²) in [7, 11) is 0. The topological polar surface area (TPSA) is 32.3 Å². The van der Waals surface area contributed by atoms with E-state index in [0.29, 0.717) is 16.9 Å². The van der Waals surface area contributed by atoms with Gasteiger partial charge in [-0.05, 0) is 24.6 Å². The molecule has 0 spiro atoms. The smallest absolute Gasteiger partial charge is 0.227 e. The van der Waals surface area contributed by atoms with Crippen LogP contribution in [0.5, 0.6) is 0 Å². The molecule has 19 heavy (non-hydrogen) atoms. The summed E-state index contributed by atoms with van der Waals surface area (Å²) in [5.74, 6) is -0.204. The van der Waals surface area contributed by atoms with Crippen molar-refractivity contribution < 1.29 is 9.18 Å². The number of carbonyl (C=O) groups is 1. The zero-order chi connectivity index (χ0) is 13.1. The molecule has 1 aliphatic heterocycles. The number of carbonyl (C=O) groups excluding carboxylic acids is 1. The van der Waals surface area contributed by atoms with Gasteiger partial charge < -0.3 is 10.2 Å². The monoisotopic (exact) mass is 350 g/mol. The minimum absolute atomic E-state index is 0. The second-order valence-corrected chi connectivity index (χ2v) is 5.46. The molecule has 2 rings (SSSR count). The molecule has 3 nitrogen and oxygen atoms in total. The molecule has 0 aliphatic carbocycles. The lowest BCUT2D eigenvalue weighted by Crippen LogP contribution is -2.51. The molecule has 0 unspecified atom stereocenters. The van der Waals surface area contributed by atoms with E-state index in [1.54, 1.807) is 6.07 Å². The van der Waals surface area contributed by atoms with Crippen LogP contribution in [0.25, 0.3) is 0 Å². The molecule has 106 valence electrons. The lowest BCUT2D eigenvalue weighted by Gasteiger charge is -2.32. The van der Waals surface area contributed by atoms with Crippen molar-refractivity contribution in [2.24, 2.45) is 0 Å². The maximum absolute atomic E-state index is 13.0. The Morgan fingerprint density at radius 2 is 2.32 bits per heavy atom. The SMILES string of the molecule is C[C@H]1CN(C(=O)Cc2ccc(F)cc2Br)CCN1.Cl. The largest absolute Gasteiger partial charge is 0.340 e. The van der Waals surface area contributed by atoms with Crippen LogP contribution >= 0.6 is 28.3 Å². The zero-order valence-electron chi connectivity index (χ0n) is 10.7. The minimum Gasteiger partial charge on any atom is -0.340 e. The average molecular weight is 352 g/mol. The summed E-state index contributed by atoms with van der Waals surface area (Å²) < 4.78 is 13.6. The van der Waals surface area contributed by atoms with Crippen LogP contribution in [-0.2, 0) is 11.2 Å². The zero-order valence-corrected chi connectivity index (χ0v) is 13.1. The Balaban J connectivity index is 0.00000180. The lowest BCUT2D eigenvalue weighted by atomic mass is 10.1. The van der Waals surface area contributed by atoms with E-state index in [9.17, 15) is 9.18 Å². The second kappa shape index (κ2) is 7.22. The summed E-state index contributed by atoms with van der Waals surface area (Å²) >= 11 is 3.29. The molecule has 1 heterocycles. The van der Waals surface area contributed by atoms with Gasteiger partial charge in [-0.15, -0.1) is 12.4 Å². The van der Waals surface area contributed by atoms with E-state index in [0.717, 1.165) is 25.2 Å². The van der Waals surface area contributed by atoms with Crippen LogP contribution in [0.15, 0.2) is 22.7 Å². The van der Waals surface area contributed by atoms with Crippen molar-refractivity contribution in [3.05, 3.63) is 34.1 Å². The standard InChI is InChI=1S/C13H16BrFN2O.ClH/c1-9-8-17(5-4-16-9)13(18)6-10-2-3-11(15)7-12(10)14;/h2-3,7,9,16H,4-6,8H2,1H3;1H/t9-;/m0./s1. The molecule has 1 saturated heterocycles. The molecule has 6 heteroatoms. The number of nitrogens with one attached hydrogen (secondary N) is 1. The van der Waals surface area contributed by atoms with E-state index in [4.69, 9.17) is 0 Å². The molecular formula is C13H17BrClFN2O. The minimum atomic E-state index is -0.297. The Morgan fingerprint density at radius 1 is 1.58 bits per heavy atom. The first-order chi connectivity index (χ1) is 8.56. The van der Waals surface area contributed by atoms with Gasteiger partial charge in [-0.1, -0.05) is 22.0 Å². The van der Waals surface area contributed by atoms with Crippen molar-refractivity contribution in [2.45, 2.75) is 19.4 Å². The Bertz CT molecular complexity index is 458. The van der Waals surface area contributed by atoms with Gasteiger partial charge in [0.15, 0.2) is 0 Å². The third kappa shape index (κ3) is 4.44. The number of nitrogens with zero attached hydrogens (tertiary/aromatic N) is 1. The van der Waals surface area contributed by atoms with Gasteiger partial charge in [0, 0.05) is 30.1 Å². The molecule has 0 aromatic heterocycles. The fourth-order valence-electron chi connectivity index (χ4n) is 2.10. The van der Waals surface area contributed by atoms with Crippen LogP contribution in [0.4, 0.5) is 4.39 Å². The summed E-state index contributed by atoms with van der Waals surface area (Å²) in [4.78, 5) is 14.0. The van der Waals surface area contributed by atoms with Gasteiger partial charge in [0.1, 0.15) is 5.82 Å². The summed E-state index contributed by atoms with van der Waals surface area (Å²) in [5.41, 5.74) is 0.826. The van der Waals surface area contributed by atoms with Crippen molar-refractivity contribution in [1.82, 2.24) is 10.2 Å². The van der Waals surface area contributed by atoms with Crippen molar-refractivity contribution in [1.29, 1.82) is 0 Å². The van der Waals surface area contributed by atoms with E-state index >= 15 is 0 Å². The van der Waals surface area contributed by atoms with Crippen LogP contribution in [-0.4, -0.2) is 36.5 Å². The lowest BCUT2D eigenvalue weighted by molar-refractivity contribution is -0.131. The normalized spacial score (nSPS) is 18.9. The van der Waals surface area contributed by atoms with Crippen LogP contribution in [0.3, 0.4) is 0 Å². The van der Waals surface area contributed by atoms with Gasteiger partial charge in [0.2, 0.25) is 5.91 Å². The molecule has 1 amide bonds. The summed E-state index contributed by atoms with van der Waals surface area (Å²) in [6.07, 6.45) is 0.313. The van der Waals surface area contributed by atoms with Gasteiger partial charge in [0.05, 0.1) is 6.42 Å². The second-order valence-electron chi connectivity index (χ2n) is 4.61. The third-order valence-corrected chi connectivity index (χ3v) is 3.82. The number of hydrogen-bond acceptors (Lipinski definition) is 2. The number of rotatable bonds is 2.